The number of nitrogens with two attached hydrogens (primary N) is 1. The van der Waals surface area contributed by atoms with Gasteiger partial charge in [-0.2, -0.15) is 0 Å². The molecule has 0 fully saturated rings. The molecule has 0 saturated carbocycles. The van der Waals surface area contributed by atoms with E-state index >= 15 is 0 Å². The first kappa shape index (κ1) is 11.2. The van der Waals surface area contributed by atoms with Crippen molar-refractivity contribution in [1.82, 2.24) is 0 Å². The number of carbonyl (C=O) groups is 1. The van der Waals surface area contributed by atoms with Crippen molar-refractivity contribution >= 4 is 21.9 Å². The molecule has 0 bridgehead atoms. The lowest BCUT2D eigenvalue weighted by Crippen LogP contribution is -2.12. The van der Waals surface area contributed by atoms with E-state index in [1.807, 2.05) is 13.0 Å². The van der Waals surface area contributed by atoms with Gasteiger partial charge in [-0.1, -0.05) is 15.9 Å². The van der Waals surface area contributed by atoms with E-state index in [1.54, 1.807) is 12.1 Å². The normalized spacial score (nSPS) is 12.3. The minimum Gasteiger partial charge on any atom is -0.465 e. The highest BCUT2D eigenvalue weighted by Gasteiger charge is 2.14. The van der Waals surface area contributed by atoms with Crippen LogP contribution in [0.25, 0.3) is 0 Å². The summed E-state index contributed by atoms with van der Waals surface area (Å²) >= 11 is 3.33. The SMILES string of the molecule is COC(=O)c1ccc(Br)cc1[C@@H](C)N. The fraction of sp³-hybridized carbons (Fsp3) is 0.300. The third-order valence-electron chi connectivity index (χ3n) is 1.91. The van der Waals surface area contributed by atoms with E-state index in [1.165, 1.54) is 7.11 Å². The van der Waals surface area contributed by atoms with Gasteiger partial charge in [-0.3, -0.25) is 0 Å². The number of esters is 1. The Hall–Kier alpha value is -0.870. The molecule has 0 spiro atoms. The molecule has 0 amide bonds. The van der Waals surface area contributed by atoms with Crippen molar-refractivity contribution in [3.05, 3.63) is 33.8 Å². The fourth-order valence-electron chi connectivity index (χ4n) is 1.21. The number of hydrogen-bond acceptors (Lipinski definition) is 3. The smallest absolute Gasteiger partial charge is 0.338 e. The van der Waals surface area contributed by atoms with Crippen LogP contribution in [0.3, 0.4) is 0 Å². The quantitative estimate of drug-likeness (QED) is 0.828. The fourth-order valence-corrected chi connectivity index (χ4v) is 1.58. The molecule has 1 rings (SSSR count). The summed E-state index contributed by atoms with van der Waals surface area (Å²) in [4.78, 5) is 11.4. The van der Waals surface area contributed by atoms with Crippen LogP contribution in [0.15, 0.2) is 22.7 Å². The summed E-state index contributed by atoms with van der Waals surface area (Å²) in [5, 5.41) is 0. The number of halogens is 1. The van der Waals surface area contributed by atoms with Crippen LogP contribution in [0.5, 0.6) is 0 Å². The van der Waals surface area contributed by atoms with Gasteiger partial charge in [0.05, 0.1) is 12.7 Å². The average molecular weight is 258 g/mol. The van der Waals surface area contributed by atoms with Crippen molar-refractivity contribution in [3.63, 3.8) is 0 Å². The monoisotopic (exact) mass is 257 g/mol. The Morgan fingerprint density at radius 1 is 1.57 bits per heavy atom. The number of benzene rings is 1. The lowest BCUT2D eigenvalue weighted by atomic mass is 10.0. The maximum atomic E-state index is 11.4. The van der Waals surface area contributed by atoms with Crippen LogP contribution in [-0.2, 0) is 4.74 Å². The Bertz CT molecular complexity index is 350. The zero-order chi connectivity index (χ0) is 10.7. The molecule has 0 aliphatic carbocycles. The molecular formula is C10H12BrNO2. The van der Waals surface area contributed by atoms with E-state index in [0.717, 1.165) is 10.0 Å². The highest BCUT2D eigenvalue weighted by Crippen LogP contribution is 2.21. The van der Waals surface area contributed by atoms with Gasteiger partial charge in [-0.25, -0.2) is 4.79 Å². The van der Waals surface area contributed by atoms with Gasteiger partial charge in [0.25, 0.3) is 0 Å². The van der Waals surface area contributed by atoms with Crippen LogP contribution in [0.2, 0.25) is 0 Å². The zero-order valence-electron chi connectivity index (χ0n) is 8.08. The lowest BCUT2D eigenvalue weighted by Gasteiger charge is -2.11. The molecule has 1 aromatic carbocycles. The minimum atomic E-state index is -0.357. The van der Waals surface area contributed by atoms with Crippen LogP contribution in [-0.4, -0.2) is 13.1 Å². The molecule has 1 aromatic rings. The van der Waals surface area contributed by atoms with E-state index in [0.29, 0.717) is 5.56 Å². The molecule has 0 heterocycles. The standard InChI is InChI=1S/C10H12BrNO2/c1-6(12)9-5-7(11)3-4-8(9)10(13)14-2/h3-6H,12H2,1-2H3/t6-/m1/s1. The van der Waals surface area contributed by atoms with Crippen LogP contribution in [0, 0.1) is 0 Å². The first-order valence-electron chi connectivity index (χ1n) is 4.19. The summed E-state index contributed by atoms with van der Waals surface area (Å²) in [6, 6.07) is 5.13. The molecule has 0 unspecified atom stereocenters. The number of ether oxygens (including phenoxy) is 1. The van der Waals surface area contributed by atoms with E-state index in [2.05, 4.69) is 20.7 Å². The Balaban J connectivity index is 3.21. The first-order valence-corrected chi connectivity index (χ1v) is 4.99. The number of hydrogen-bond donors (Lipinski definition) is 1. The van der Waals surface area contributed by atoms with Crippen molar-refractivity contribution in [2.24, 2.45) is 5.73 Å². The second-order valence-electron chi connectivity index (χ2n) is 3.01. The number of carbonyl (C=O) groups excluding carboxylic acids is 1. The molecule has 14 heavy (non-hydrogen) atoms. The Morgan fingerprint density at radius 3 is 2.71 bits per heavy atom. The Kier molecular flexibility index (Phi) is 3.66. The van der Waals surface area contributed by atoms with Gasteiger partial charge in [0.2, 0.25) is 0 Å². The molecule has 4 heteroatoms. The largest absolute Gasteiger partial charge is 0.465 e. The van der Waals surface area contributed by atoms with Crippen molar-refractivity contribution in [2.75, 3.05) is 7.11 Å². The topological polar surface area (TPSA) is 52.3 Å². The molecule has 0 aromatic heterocycles. The van der Waals surface area contributed by atoms with Crippen LogP contribution in [0.1, 0.15) is 28.9 Å². The predicted octanol–water partition coefficient (Wildman–Crippen LogP) is 2.26. The van der Waals surface area contributed by atoms with Gasteiger partial charge in [-0.05, 0) is 30.7 Å². The van der Waals surface area contributed by atoms with Crippen LogP contribution in [0.4, 0.5) is 0 Å². The summed E-state index contributed by atoms with van der Waals surface area (Å²) in [7, 11) is 1.36. The maximum absolute atomic E-state index is 11.4. The summed E-state index contributed by atoms with van der Waals surface area (Å²) in [6.45, 7) is 1.83. The van der Waals surface area contributed by atoms with Crippen molar-refractivity contribution in [3.8, 4) is 0 Å². The van der Waals surface area contributed by atoms with Crippen molar-refractivity contribution < 1.29 is 9.53 Å². The van der Waals surface area contributed by atoms with Crippen molar-refractivity contribution in [1.29, 1.82) is 0 Å². The summed E-state index contributed by atoms with van der Waals surface area (Å²) in [5.74, 6) is -0.357. The third-order valence-corrected chi connectivity index (χ3v) is 2.40. The number of methoxy groups -OCH3 is 1. The minimum absolute atomic E-state index is 0.193. The zero-order valence-corrected chi connectivity index (χ0v) is 9.67. The Morgan fingerprint density at radius 2 is 2.21 bits per heavy atom. The summed E-state index contributed by atoms with van der Waals surface area (Å²) < 4.78 is 5.56. The van der Waals surface area contributed by atoms with Gasteiger partial charge in [-0.15, -0.1) is 0 Å². The third kappa shape index (κ3) is 2.33. The molecule has 0 aliphatic heterocycles. The molecule has 76 valence electrons. The second-order valence-corrected chi connectivity index (χ2v) is 3.93. The van der Waals surface area contributed by atoms with Gasteiger partial charge in [0, 0.05) is 10.5 Å². The van der Waals surface area contributed by atoms with Gasteiger partial charge in [0.15, 0.2) is 0 Å². The maximum Gasteiger partial charge on any atom is 0.338 e. The van der Waals surface area contributed by atoms with Gasteiger partial charge >= 0.3 is 5.97 Å². The lowest BCUT2D eigenvalue weighted by molar-refractivity contribution is 0.0599. The first-order chi connectivity index (χ1) is 6.56. The van der Waals surface area contributed by atoms with E-state index in [-0.39, 0.29) is 12.0 Å². The molecule has 3 nitrogen and oxygen atoms in total. The van der Waals surface area contributed by atoms with E-state index in [4.69, 9.17) is 5.73 Å². The van der Waals surface area contributed by atoms with E-state index in [9.17, 15) is 4.79 Å². The highest BCUT2D eigenvalue weighted by molar-refractivity contribution is 9.10. The van der Waals surface area contributed by atoms with Gasteiger partial charge in [0.1, 0.15) is 0 Å². The molecular weight excluding hydrogens is 246 g/mol. The highest BCUT2D eigenvalue weighted by atomic mass is 79.9. The summed E-state index contributed by atoms with van der Waals surface area (Å²) in [5.41, 5.74) is 7.05. The average Bonchev–Trinajstić information content (AvgIpc) is 2.16. The molecule has 0 radical (unpaired) electrons. The van der Waals surface area contributed by atoms with Crippen molar-refractivity contribution in [2.45, 2.75) is 13.0 Å². The molecule has 0 aliphatic rings. The van der Waals surface area contributed by atoms with E-state index < -0.39 is 0 Å². The molecule has 1 atom stereocenters. The van der Waals surface area contributed by atoms with Crippen LogP contribution >= 0.6 is 15.9 Å². The Labute approximate surface area is 91.4 Å². The predicted molar refractivity (Wildman–Crippen MR) is 58.1 cm³/mol. The van der Waals surface area contributed by atoms with Crippen LogP contribution < -0.4 is 5.73 Å². The number of rotatable bonds is 2. The second kappa shape index (κ2) is 4.57. The van der Waals surface area contributed by atoms with Gasteiger partial charge < -0.3 is 10.5 Å². The molecule has 0 saturated heterocycles. The summed E-state index contributed by atoms with van der Waals surface area (Å²) in [6.07, 6.45) is 0. The molecule has 2 N–H and O–H groups in total.